The molecule has 1 N–H and O–H groups in total. The molecule has 0 aliphatic carbocycles. The first-order valence-electron chi connectivity index (χ1n) is 10.4. The van der Waals surface area contributed by atoms with Crippen molar-refractivity contribution in [2.24, 2.45) is 4.99 Å². The summed E-state index contributed by atoms with van der Waals surface area (Å²) in [4.78, 5) is 9.40. The Hall–Kier alpha value is -1.65. The number of rotatable bonds is 5. The lowest BCUT2D eigenvalue weighted by molar-refractivity contribution is -0.0502. The lowest BCUT2D eigenvalue weighted by Crippen LogP contribution is -2.50. The molecule has 8 heteroatoms. The molecule has 0 radical (unpaired) electrons. The maximum atomic E-state index is 6.10. The molecule has 2 unspecified atom stereocenters. The van der Waals surface area contributed by atoms with Gasteiger partial charge in [0.05, 0.1) is 24.4 Å². The molecule has 2 aliphatic rings. The highest BCUT2D eigenvalue weighted by Crippen LogP contribution is 2.24. The molecule has 1 aromatic heterocycles. The van der Waals surface area contributed by atoms with Crippen molar-refractivity contribution in [1.29, 1.82) is 0 Å². The molecule has 2 saturated heterocycles. The summed E-state index contributed by atoms with van der Waals surface area (Å²) in [7, 11) is 1.85. The quantitative estimate of drug-likeness (QED) is 0.368. The molecule has 3 heterocycles. The minimum Gasteiger partial charge on any atom is -0.373 e. The third-order valence-corrected chi connectivity index (χ3v) is 6.00. The van der Waals surface area contributed by atoms with Crippen molar-refractivity contribution in [3.8, 4) is 0 Å². The van der Waals surface area contributed by atoms with Crippen molar-refractivity contribution in [3.05, 3.63) is 52.9 Å². The number of fused-ring (bicyclic) bond motifs is 1. The Labute approximate surface area is 195 Å². The van der Waals surface area contributed by atoms with Gasteiger partial charge in [-0.2, -0.15) is 0 Å². The van der Waals surface area contributed by atoms with Crippen LogP contribution < -0.4 is 5.32 Å². The number of aliphatic imine (C=N–C) groups is 1. The standard InChI is InChI=1S/C22H31N5O2.HI/c1-16-19(17(2)29-25-16)9-10-24-22(23-3)27-14-20-21(15-27)28-12-11-26(20)13-18-7-5-4-6-8-18;/h4-8,20-21H,9-15H2,1-3H3,(H,23,24);1H. The van der Waals surface area contributed by atoms with E-state index in [0.717, 1.165) is 63.2 Å². The minimum absolute atomic E-state index is 0. The summed E-state index contributed by atoms with van der Waals surface area (Å²) in [5.41, 5.74) is 3.51. The van der Waals surface area contributed by atoms with E-state index in [1.165, 1.54) is 11.1 Å². The van der Waals surface area contributed by atoms with Crippen LogP contribution in [-0.4, -0.2) is 72.9 Å². The van der Waals surface area contributed by atoms with Crippen molar-refractivity contribution < 1.29 is 9.26 Å². The van der Waals surface area contributed by atoms with E-state index < -0.39 is 0 Å². The zero-order chi connectivity index (χ0) is 20.2. The number of ether oxygens (including phenoxy) is 1. The topological polar surface area (TPSA) is 66.1 Å². The number of hydrogen-bond donors (Lipinski definition) is 1. The van der Waals surface area contributed by atoms with Gasteiger partial charge in [0.1, 0.15) is 5.76 Å². The Morgan fingerprint density at radius 2 is 2.03 bits per heavy atom. The number of guanidine groups is 1. The van der Waals surface area contributed by atoms with Gasteiger partial charge in [0, 0.05) is 45.3 Å². The SMILES string of the molecule is CN=C(NCCc1c(C)noc1C)N1CC2OCCN(Cc3ccccc3)C2C1.I. The van der Waals surface area contributed by atoms with Gasteiger partial charge in [-0.25, -0.2) is 0 Å². The van der Waals surface area contributed by atoms with Gasteiger partial charge in [-0.1, -0.05) is 35.5 Å². The molecule has 0 bridgehead atoms. The fourth-order valence-corrected chi connectivity index (χ4v) is 4.44. The molecule has 2 fully saturated rings. The number of aromatic nitrogens is 1. The lowest BCUT2D eigenvalue weighted by atomic mass is 10.1. The van der Waals surface area contributed by atoms with Crippen LogP contribution in [-0.2, 0) is 17.7 Å². The molecule has 0 saturated carbocycles. The monoisotopic (exact) mass is 525 g/mol. The summed E-state index contributed by atoms with van der Waals surface area (Å²) >= 11 is 0. The van der Waals surface area contributed by atoms with Crippen LogP contribution in [0.5, 0.6) is 0 Å². The van der Waals surface area contributed by atoms with Crippen LogP contribution in [0, 0.1) is 13.8 Å². The molecule has 2 aromatic rings. The summed E-state index contributed by atoms with van der Waals surface area (Å²) in [6.07, 6.45) is 1.10. The van der Waals surface area contributed by atoms with Crippen molar-refractivity contribution in [2.45, 2.75) is 39.0 Å². The van der Waals surface area contributed by atoms with Gasteiger partial charge in [0.25, 0.3) is 0 Å². The van der Waals surface area contributed by atoms with E-state index in [0.29, 0.717) is 6.04 Å². The van der Waals surface area contributed by atoms with Crippen LogP contribution >= 0.6 is 24.0 Å². The summed E-state index contributed by atoms with van der Waals surface area (Å²) in [5, 5.41) is 7.55. The van der Waals surface area contributed by atoms with Crippen LogP contribution in [0.3, 0.4) is 0 Å². The van der Waals surface area contributed by atoms with Gasteiger partial charge in [-0.15, -0.1) is 24.0 Å². The Morgan fingerprint density at radius 1 is 1.23 bits per heavy atom. The normalized spacial score (nSPS) is 22.0. The molecule has 7 nitrogen and oxygen atoms in total. The van der Waals surface area contributed by atoms with Crippen LogP contribution in [0.2, 0.25) is 0 Å². The summed E-state index contributed by atoms with van der Waals surface area (Å²) in [6.45, 7) is 9.30. The lowest BCUT2D eigenvalue weighted by Gasteiger charge is -2.36. The van der Waals surface area contributed by atoms with Crippen LogP contribution in [0.1, 0.15) is 22.6 Å². The van der Waals surface area contributed by atoms with E-state index >= 15 is 0 Å². The molecular weight excluding hydrogens is 493 g/mol. The molecule has 4 rings (SSSR count). The molecule has 164 valence electrons. The van der Waals surface area contributed by atoms with Crippen LogP contribution in [0.15, 0.2) is 39.8 Å². The van der Waals surface area contributed by atoms with Gasteiger partial charge < -0.3 is 19.5 Å². The second-order valence-electron chi connectivity index (χ2n) is 7.86. The fraction of sp³-hybridized carbons (Fsp3) is 0.545. The highest BCUT2D eigenvalue weighted by atomic mass is 127. The van der Waals surface area contributed by atoms with Gasteiger partial charge >= 0.3 is 0 Å². The predicted molar refractivity (Wildman–Crippen MR) is 128 cm³/mol. The average Bonchev–Trinajstić information content (AvgIpc) is 3.31. The highest BCUT2D eigenvalue weighted by molar-refractivity contribution is 14.0. The number of likely N-dealkylation sites (tertiary alicyclic amines) is 1. The Kier molecular flexibility index (Phi) is 8.13. The highest BCUT2D eigenvalue weighted by Gasteiger charge is 2.41. The number of benzene rings is 1. The molecule has 0 amide bonds. The first kappa shape index (κ1) is 23.0. The third-order valence-electron chi connectivity index (χ3n) is 6.00. The number of morpholine rings is 1. The molecule has 2 aliphatic heterocycles. The van der Waals surface area contributed by atoms with Crippen LogP contribution in [0.4, 0.5) is 0 Å². The first-order chi connectivity index (χ1) is 14.2. The average molecular weight is 525 g/mol. The number of hydrogen-bond acceptors (Lipinski definition) is 5. The fourth-order valence-electron chi connectivity index (χ4n) is 4.44. The molecule has 0 spiro atoms. The smallest absolute Gasteiger partial charge is 0.193 e. The molecule has 2 atom stereocenters. The maximum Gasteiger partial charge on any atom is 0.193 e. The minimum atomic E-state index is 0. The van der Waals surface area contributed by atoms with E-state index in [4.69, 9.17) is 9.26 Å². The Morgan fingerprint density at radius 3 is 2.73 bits per heavy atom. The number of halogens is 1. The zero-order valence-corrected chi connectivity index (χ0v) is 20.3. The Bertz CT molecular complexity index is 822. The van der Waals surface area contributed by atoms with E-state index in [1.807, 2.05) is 20.9 Å². The van der Waals surface area contributed by atoms with Crippen LogP contribution in [0.25, 0.3) is 0 Å². The largest absolute Gasteiger partial charge is 0.373 e. The number of nitrogens with zero attached hydrogens (tertiary/aromatic N) is 4. The van der Waals surface area contributed by atoms with Gasteiger partial charge in [0.2, 0.25) is 0 Å². The van der Waals surface area contributed by atoms with E-state index in [2.05, 4.69) is 55.6 Å². The van der Waals surface area contributed by atoms with Crippen molar-refractivity contribution in [1.82, 2.24) is 20.3 Å². The first-order valence-corrected chi connectivity index (χ1v) is 10.4. The summed E-state index contributed by atoms with van der Waals surface area (Å²) in [5.74, 6) is 1.84. The third kappa shape index (κ3) is 5.15. The molecular formula is C22H32IN5O2. The second-order valence-corrected chi connectivity index (χ2v) is 7.86. The van der Waals surface area contributed by atoms with Gasteiger partial charge in [-0.3, -0.25) is 9.89 Å². The van der Waals surface area contributed by atoms with Crippen molar-refractivity contribution in [3.63, 3.8) is 0 Å². The summed E-state index contributed by atoms with van der Waals surface area (Å²) in [6, 6.07) is 11.1. The molecule has 30 heavy (non-hydrogen) atoms. The zero-order valence-electron chi connectivity index (χ0n) is 18.0. The van der Waals surface area contributed by atoms with Gasteiger partial charge in [0.15, 0.2) is 5.96 Å². The van der Waals surface area contributed by atoms with E-state index in [-0.39, 0.29) is 30.1 Å². The second kappa shape index (κ2) is 10.6. The molecule has 1 aromatic carbocycles. The maximum absolute atomic E-state index is 6.10. The van der Waals surface area contributed by atoms with Crippen molar-refractivity contribution in [2.75, 3.05) is 39.8 Å². The van der Waals surface area contributed by atoms with Crippen molar-refractivity contribution >= 4 is 29.9 Å². The summed E-state index contributed by atoms with van der Waals surface area (Å²) < 4.78 is 11.4. The Balaban J connectivity index is 0.00000256. The predicted octanol–water partition coefficient (Wildman–Crippen LogP) is 2.61. The number of aryl methyl sites for hydroxylation is 2. The number of nitrogens with one attached hydrogen (secondary N) is 1. The van der Waals surface area contributed by atoms with E-state index in [1.54, 1.807) is 0 Å². The van der Waals surface area contributed by atoms with E-state index in [9.17, 15) is 0 Å². The van der Waals surface area contributed by atoms with Gasteiger partial charge in [-0.05, 0) is 25.8 Å².